The molecule has 2 aromatic heterocycles. The zero-order valence-corrected chi connectivity index (χ0v) is 19.8. The van der Waals surface area contributed by atoms with Crippen LogP contribution in [0.3, 0.4) is 0 Å². The molecule has 0 atom stereocenters. The SMILES string of the molecule is CCn1nc(-c2cccc(Oc3ccccc3O)c2)cc(NC(=O)Nc2c(Cl)cncc2Cl)c1=O. The molecule has 9 nitrogen and oxygen atoms in total. The molecule has 2 heterocycles. The van der Waals surface area contributed by atoms with E-state index in [0.717, 1.165) is 0 Å². The number of rotatable bonds is 6. The van der Waals surface area contributed by atoms with Crippen molar-refractivity contribution in [3.8, 4) is 28.5 Å². The van der Waals surface area contributed by atoms with E-state index in [2.05, 4.69) is 20.7 Å². The molecule has 178 valence electrons. The van der Waals surface area contributed by atoms with Crippen molar-refractivity contribution in [3.63, 3.8) is 0 Å². The number of aryl methyl sites for hydroxylation is 1. The fraction of sp³-hybridized carbons (Fsp3) is 0.0833. The first kappa shape index (κ1) is 24.1. The molecule has 0 aliphatic heterocycles. The Kier molecular flexibility index (Phi) is 7.19. The van der Waals surface area contributed by atoms with E-state index >= 15 is 0 Å². The third kappa shape index (κ3) is 5.53. The maximum atomic E-state index is 12.8. The number of hydrogen-bond acceptors (Lipinski definition) is 6. The van der Waals surface area contributed by atoms with Crippen molar-refractivity contribution in [1.82, 2.24) is 14.8 Å². The van der Waals surface area contributed by atoms with E-state index in [1.165, 1.54) is 29.2 Å². The average molecular weight is 512 g/mol. The highest BCUT2D eigenvalue weighted by Crippen LogP contribution is 2.32. The molecule has 0 aliphatic carbocycles. The lowest BCUT2D eigenvalue weighted by Crippen LogP contribution is -2.29. The fourth-order valence-corrected chi connectivity index (χ4v) is 3.63. The van der Waals surface area contributed by atoms with Gasteiger partial charge in [-0.3, -0.25) is 9.78 Å². The Bertz CT molecular complexity index is 1440. The number of ether oxygens (including phenoxy) is 1. The number of urea groups is 1. The molecule has 0 saturated carbocycles. The second-order valence-corrected chi connectivity index (χ2v) is 8.03. The summed E-state index contributed by atoms with van der Waals surface area (Å²) in [6, 6.07) is 14.3. The number of amides is 2. The van der Waals surface area contributed by atoms with Crippen LogP contribution in [0.5, 0.6) is 17.2 Å². The van der Waals surface area contributed by atoms with Gasteiger partial charge in [0.05, 0.1) is 21.4 Å². The third-order valence-electron chi connectivity index (χ3n) is 4.84. The first-order chi connectivity index (χ1) is 16.9. The van der Waals surface area contributed by atoms with Gasteiger partial charge in [0.1, 0.15) is 11.4 Å². The van der Waals surface area contributed by atoms with Crippen LogP contribution in [0.25, 0.3) is 11.3 Å². The van der Waals surface area contributed by atoms with E-state index < -0.39 is 11.6 Å². The van der Waals surface area contributed by atoms with Gasteiger partial charge in [0.25, 0.3) is 5.56 Å². The Labute approximate surface area is 209 Å². The number of hydrogen-bond donors (Lipinski definition) is 3. The number of nitrogens with one attached hydrogen (secondary N) is 2. The zero-order chi connectivity index (χ0) is 24.9. The molecule has 0 unspecified atom stereocenters. The Morgan fingerprint density at radius 3 is 2.51 bits per heavy atom. The highest BCUT2D eigenvalue weighted by atomic mass is 35.5. The Hall–Kier alpha value is -4.08. The number of halogens is 2. The van der Waals surface area contributed by atoms with Crippen LogP contribution in [-0.4, -0.2) is 25.9 Å². The average Bonchev–Trinajstić information content (AvgIpc) is 2.84. The second-order valence-electron chi connectivity index (χ2n) is 7.22. The smallest absolute Gasteiger partial charge is 0.323 e. The minimum atomic E-state index is -0.714. The molecule has 3 N–H and O–H groups in total. The van der Waals surface area contributed by atoms with Crippen LogP contribution in [0.4, 0.5) is 16.2 Å². The minimum absolute atomic E-state index is 0.00228. The lowest BCUT2D eigenvalue weighted by molar-refractivity contribution is 0.262. The first-order valence-electron chi connectivity index (χ1n) is 10.4. The number of aromatic hydroxyl groups is 1. The number of aromatic nitrogens is 3. The third-order valence-corrected chi connectivity index (χ3v) is 5.41. The quantitative estimate of drug-likeness (QED) is 0.302. The number of pyridine rings is 1. The van der Waals surface area contributed by atoms with Gasteiger partial charge in [-0.2, -0.15) is 5.10 Å². The van der Waals surface area contributed by atoms with Gasteiger partial charge in [-0.05, 0) is 37.3 Å². The summed E-state index contributed by atoms with van der Waals surface area (Å²) >= 11 is 12.1. The summed E-state index contributed by atoms with van der Waals surface area (Å²) in [6.45, 7) is 2.04. The van der Waals surface area contributed by atoms with Crippen LogP contribution in [0, 0.1) is 0 Å². The molecule has 2 aromatic carbocycles. The molecule has 4 rings (SSSR count). The van der Waals surface area contributed by atoms with E-state index in [1.54, 1.807) is 49.4 Å². The number of nitrogens with zero attached hydrogens (tertiary/aromatic N) is 3. The number of phenolic OH excluding ortho intramolecular Hbond substituents is 1. The van der Waals surface area contributed by atoms with Crippen LogP contribution >= 0.6 is 23.2 Å². The van der Waals surface area contributed by atoms with Crippen molar-refractivity contribution in [2.75, 3.05) is 10.6 Å². The second kappa shape index (κ2) is 10.5. The molecule has 2 amide bonds. The van der Waals surface area contributed by atoms with Gasteiger partial charge >= 0.3 is 6.03 Å². The van der Waals surface area contributed by atoms with Crippen molar-refractivity contribution < 1.29 is 14.6 Å². The predicted molar refractivity (Wildman–Crippen MR) is 135 cm³/mol. The number of phenols is 1. The molecular formula is C24H19Cl2N5O4. The van der Waals surface area contributed by atoms with Crippen molar-refractivity contribution in [2.24, 2.45) is 0 Å². The molecular weight excluding hydrogens is 493 g/mol. The van der Waals surface area contributed by atoms with E-state index in [4.69, 9.17) is 27.9 Å². The minimum Gasteiger partial charge on any atom is -0.504 e. The van der Waals surface area contributed by atoms with Gasteiger partial charge in [-0.1, -0.05) is 47.5 Å². The molecule has 0 spiro atoms. The Morgan fingerprint density at radius 1 is 1.06 bits per heavy atom. The van der Waals surface area contributed by atoms with Gasteiger partial charge in [0, 0.05) is 24.5 Å². The fourth-order valence-electron chi connectivity index (χ4n) is 3.17. The van der Waals surface area contributed by atoms with Crippen molar-refractivity contribution in [3.05, 3.63) is 87.4 Å². The summed E-state index contributed by atoms with van der Waals surface area (Å²) in [4.78, 5) is 29.2. The number of para-hydroxylation sites is 2. The molecule has 35 heavy (non-hydrogen) atoms. The topological polar surface area (TPSA) is 118 Å². The standard InChI is InChI=1S/C24H19Cl2N5O4/c1-2-31-23(33)19(28-24(34)29-22-16(25)12-27-13-17(22)26)11-18(30-31)14-6-5-7-15(10-14)35-21-9-4-3-8-20(21)32/h3-13,32H,2H2,1H3,(H2,27,28,29,34). The van der Waals surface area contributed by atoms with E-state index in [1.807, 2.05) is 0 Å². The summed E-state index contributed by atoms with van der Waals surface area (Å²) in [5.41, 5.74) is 0.732. The van der Waals surface area contributed by atoms with Gasteiger partial charge in [0.15, 0.2) is 11.5 Å². The number of carbonyl (C=O) groups is 1. The Morgan fingerprint density at radius 2 is 1.80 bits per heavy atom. The molecule has 0 bridgehead atoms. The van der Waals surface area contributed by atoms with Gasteiger partial charge in [-0.15, -0.1) is 0 Å². The van der Waals surface area contributed by atoms with Crippen molar-refractivity contribution in [2.45, 2.75) is 13.5 Å². The van der Waals surface area contributed by atoms with Gasteiger partial charge < -0.3 is 20.5 Å². The Balaban J connectivity index is 1.63. The lowest BCUT2D eigenvalue weighted by atomic mass is 10.1. The number of anilines is 2. The molecule has 4 aromatic rings. The van der Waals surface area contributed by atoms with Crippen LogP contribution in [0.1, 0.15) is 6.92 Å². The molecule has 0 aliphatic rings. The monoisotopic (exact) mass is 511 g/mol. The predicted octanol–water partition coefficient (Wildman–Crippen LogP) is 5.77. The normalized spacial score (nSPS) is 10.6. The van der Waals surface area contributed by atoms with Gasteiger partial charge in [-0.25, -0.2) is 9.48 Å². The number of benzene rings is 2. The summed E-state index contributed by atoms with van der Waals surface area (Å²) in [7, 11) is 0. The van der Waals surface area contributed by atoms with E-state index in [-0.39, 0.29) is 33.7 Å². The summed E-state index contributed by atoms with van der Waals surface area (Å²) in [6.07, 6.45) is 2.67. The lowest BCUT2D eigenvalue weighted by Gasteiger charge is -2.13. The van der Waals surface area contributed by atoms with Gasteiger partial charge in [0.2, 0.25) is 0 Å². The van der Waals surface area contributed by atoms with Crippen LogP contribution in [0.15, 0.2) is 71.8 Å². The van der Waals surface area contributed by atoms with Crippen molar-refractivity contribution >= 4 is 40.6 Å². The van der Waals surface area contributed by atoms with E-state index in [9.17, 15) is 14.7 Å². The van der Waals surface area contributed by atoms with Crippen LogP contribution in [-0.2, 0) is 6.54 Å². The highest BCUT2D eigenvalue weighted by molar-refractivity contribution is 6.39. The first-order valence-corrected chi connectivity index (χ1v) is 11.2. The maximum absolute atomic E-state index is 12.8. The molecule has 11 heteroatoms. The van der Waals surface area contributed by atoms with Crippen molar-refractivity contribution in [1.29, 1.82) is 0 Å². The number of carbonyl (C=O) groups excluding carboxylic acids is 1. The molecule has 0 fully saturated rings. The molecule has 0 radical (unpaired) electrons. The highest BCUT2D eigenvalue weighted by Gasteiger charge is 2.15. The van der Waals surface area contributed by atoms with E-state index in [0.29, 0.717) is 22.8 Å². The zero-order valence-electron chi connectivity index (χ0n) is 18.3. The maximum Gasteiger partial charge on any atom is 0.323 e. The van der Waals surface area contributed by atoms with Crippen LogP contribution in [0.2, 0.25) is 10.0 Å². The largest absolute Gasteiger partial charge is 0.504 e. The summed E-state index contributed by atoms with van der Waals surface area (Å²) in [5, 5.41) is 19.7. The summed E-state index contributed by atoms with van der Waals surface area (Å²) < 4.78 is 7.01. The molecule has 0 saturated heterocycles. The summed E-state index contributed by atoms with van der Waals surface area (Å²) in [5.74, 6) is 0.750. The van der Waals surface area contributed by atoms with Crippen LogP contribution < -0.4 is 20.9 Å².